The van der Waals surface area contributed by atoms with Crippen LogP contribution in [-0.4, -0.2) is 77.0 Å². The largest absolute Gasteiger partial charge is 3.00 e. The van der Waals surface area contributed by atoms with Gasteiger partial charge in [-0.1, -0.05) is 12.1 Å². The summed E-state index contributed by atoms with van der Waals surface area (Å²) >= 11 is 0. The molecule has 0 aromatic heterocycles. The minimum atomic E-state index is -5.10. The van der Waals surface area contributed by atoms with E-state index in [9.17, 15) is 32.8 Å². The van der Waals surface area contributed by atoms with Crippen LogP contribution in [0, 0.1) is 0 Å². The minimum absolute atomic E-state index is 0. The van der Waals surface area contributed by atoms with E-state index in [1.807, 2.05) is 0 Å². The van der Waals surface area contributed by atoms with Crippen molar-refractivity contribution in [2.45, 2.75) is 4.90 Å². The van der Waals surface area contributed by atoms with Crippen LogP contribution in [0.25, 0.3) is 0 Å². The second-order valence-corrected chi connectivity index (χ2v) is 4.06. The van der Waals surface area contributed by atoms with E-state index >= 15 is 0 Å². The summed E-state index contributed by atoms with van der Waals surface area (Å²) < 4.78 is 32.0. The van der Waals surface area contributed by atoms with Crippen molar-refractivity contribution in [3.63, 3.8) is 0 Å². The number of carbonyl (C=O) groups is 2. The normalized spacial score (nSPS) is 9.32. The Kier molecular flexibility index (Phi) is 10.9. The standard InChI is InChI=1S/C8H6O7S.3Al/c9-7(10)4-2-1-3-5(16(13,14)15)6(4)8(11)12;;;/h1-3H,(H,9,10)(H,11,12)(H,13,14,15);;;/q;3*+3/p-3. The molecular weight excluding hydrogens is 321 g/mol. The Bertz CT molecular complexity index is 570. The molecule has 0 atom stereocenters. The Morgan fingerprint density at radius 3 is 1.74 bits per heavy atom. The molecule has 11 heteroatoms. The summed E-state index contributed by atoms with van der Waals surface area (Å²) in [6.45, 7) is 0. The van der Waals surface area contributed by atoms with Crippen LogP contribution < -0.4 is 10.2 Å². The molecule has 1 aromatic rings. The summed E-state index contributed by atoms with van der Waals surface area (Å²) in [6, 6.07) is 2.40. The molecule has 19 heavy (non-hydrogen) atoms. The average molecular weight is 324 g/mol. The quantitative estimate of drug-likeness (QED) is 0.410. The fourth-order valence-corrected chi connectivity index (χ4v) is 1.81. The van der Waals surface area contributed by atoms with E-state index < -0.39 is 38.1 Å². The maximum Gasteiger partial charge on any atom is 3.00 e. The summed E-state index contributed by atoms with van der Waals surface area (Å²) in [7, 11) is -5.10. The van der Waals surface area contributed by atoms with Crippen LogP contribution in [0.15, 0.2) is 23.1 Å². The fraction of sp³-hybridized carbons (Fsp3) is 0. The minimum Gasteiger partial charge on any atom is -0.744 e. The number of carbonyl (C=O) groups excluding carboxylic acids is 2. The Morgan fingerprint density at radius 2 is 1.42 bits per heavy atom. The van der Waals surface area contributed by atoms with Gasteiger partial charge in [0.05, 0.1) is 16.8 Å². The Morgan fingerprint density at radius 1 is 0.947 bits per heavy atom. The Hall–Kier alpha value is -0.333. The molecule has 0 bridgehead atoms. The Balaban J connectivity index is -0.000000853. The molecule has 0 unspecified atom stereocenters. The van der Waals surface area contributed by atoms with Gasteiger partial charge in [-0.05, 0) is 6.07 Å². The summed E-state index contributed by atoms with van der Waals surface area (Å²) in [5.74, 6) is -3.99. The molecule has 0 aliphatic carbocycles. The molecule has 0 saturated heterocycles. The van der Waals surface area contributed by atoms with Gasteiger partial charge in [0.2, 0.25) is 0 Å². The molecule has 1 aromatic carbocycles. The predicted molar refractivity (Wildman–Crippen MR) is 60.3 cm³/mol. The maximum atomic E-state index is 10.7. The van der Waals surface area contributed by atoms with Crippen molar-refractivity contribution in [1.82, 2.24) is 0 Å². The van der Waals surface area contributed by atoms with Crippen LogP contribution in [-0.2, 0) is 10.1 Å². The monoisotopic (exact) mass is 324 g/mol. The summed E-state index contributed by atoms with van der Waals surface area (Å²) in [6.07, 6.45) is 0. The van der Waals surface area contributed by atoms with E-state index in [0.29, 0.717) is 6.07 Å². The molecule has 0 amide bonds. The number of carboxylic acids is 2. The van der Waals surface area contributed by atoms with Gasteiger partial charge >= 0.3 is 52.1 Å². The van der Waals surface area contributed by atoms with Crippen LogP contribution in [0.4, 0.5) is 0 Å². The third-order valence-electron chi connectivity index (χ3n) is 1.72. The SMILES string of the molecule is O=C([O-])c1cccc(S(=O)(=O)[O-])c1C(=O)[O-].[Al+3].[Al+3].[Al+3]. The second kappa shape index (κ2) is 8.76. The Labute approximate surface area is 140 Å². The zero-order chi connectivity index (χ0) is 12.5. The molecule has 0 radical (unpaired) electrons. The molecule has 0 fully saturated rings. The molecule has 0 heterocycles. The molecule has 0 aliphatic rings. The number of aromatic carboxylic acids is 2. The van der Waals surface area contributed by atoms with E-state index in [1.54, 1.807) is 0 Å². The number of hydrogen-bond acceptors (Lipinski definition) is 7. The van der Waals surface area contributed by atoms with Crippen LogP contribution in [0.1, 0.15) is 20.7 Å². The molecular formula is C8H3Al3O7S+6. The van der Waals surface area contributed by atoms with Crippen molar-refractivity contribution in [3.05, 3.63) is 29.3 Å². The number of benzene rings is 1. The van der Waals surface area contributed by atoms with Crippen LogP contribution in [0.2, 0.25) is 0 Å². The first-order chi connectivity index (χ1) is 7.25. The van der Waals surface area contributed by atoms with Gasteiger partial charge in [0, 0.05) is 11.1 Å². The van der Waals surface area contributed by atoms with Gasteiger partial charge in [0.1, 0.15) is 10.1 Å². The topological polar surface area (TPSA) is 137 Å². The molecule has 1 rings (SSSR count). The summed E-state index contributed by atoms with van der Waals surface area (Å²) in [4.78, 5) is 19.9. The molecule has 0 aliphatic heterocycles. The van der Waals surface area contributed by atoms with Crippen molar-refractivity contribution in [1.29, 1.82) is 0 Å². The first-order valence-corrected chi connectivity index (χ1v) is 5.17. The predicted octanol–water partition coefficient (Wildman–Crippen LogP) is -3.82. The molecule has 7 nitrogen and oxygen atoms in total. The fourth-order valence-electron chi connectivity index (χ4n) is 1.12. The third kappa shape index (κ3) is 5.67. The van der Waals surface area contributed by atoms with Crippen LogP contribution in [0.3, 0.4) is 0 Å². The number of rotatable bonds is 3. The van der Waals surface area contributed by atoms with Gasteiger partial charge in [0.15, 0.2) is 0 Å². The molecule has 0 spiro atoms. The van der Waals surface area contributed by atoms with Crippen molar-refractivity contribution in [3.8, 4) is 0 Å². The zero-order valence-electron chi connectivity index (χ0n) is 9.23. The molecule has 86 valence electrons. The van der Waals surface area contributed by atoms with Crippen LogP contribution >= 0.6 is 0 Å². The molecule has 0 N–H and O–H groups in total. The first-order valence-electron chi connectivity index (χ1n) is 3.76. The first kappa shape index (κ1) is 23.7. The second-order valence-electron chi connectivity index (χ2n) is 2.71. The van der Waals surface area contributed by atoms with Crippen LogP contribution in [0.5, 0.6) is 0 Å². The van der Waals surface area contributed by atoms with Gasteiger partial charge in [-0.25, -0.2) is 8.42 Å². The third-order valence-corrected chi connectivity index (χ3v) is 2.60. The number of hydrogen-bond donors (Lipinski definition) is 0. The van der Waals surface area contributed by atoms with Crippen molar-refractivity contribution < 1.29 is 32.8 Å². The van der Waals surface area contributed by atoms with E-state index in [1.165, 1.54) is 0 Å². The maximum absolute atomic E-state index is 10.7. The van der Waals surface area contributed by atoms with Gasteiger partial charge in [-0.3, -0.25) is 0 Å². The van der Waals surface area contributed by atoms with Crippen molar-refractivity contribution >= 4 is 74.1 Å². The molecule has 0 saturated carbocycles. The van der Waals surface area contributed by atoms with E-state index in [-0.39, 0.29) is 52.1 Å². The van der Waals surface area contributed by atoms with Gasteiger partial charge in [0.25, 0.3) is 0 Å². The zero-order valence-corrected chi connectivity index (χ0v) is 13.5. The summed E-state index contributed by atoms with van der Waals surface area (Å²) in [5, 5.41) is 21.1. The van der Waals surface area contributed by atoms with Gasteiger partial charge in [-0.2, -0.15) is 0 Å². The van der Waals surface area contributed by atoms with Crippen molar-refractivity contribution in [2.75, 3.05) is 0 Å². The number of carboxylic acid groups (broad SMARTS) is 2. The van der Waals surface area contributed by atoms with Crippen molar-refractivity contribution in [2.24, 2.45) is 0 Å². The smallest absolute Gasteiger partial charge is 0.744 e. The van der Waals surface area contributed by atoms with E-state index in [0.717, 1.165) is 12.1 Å². The summed E-state index contributed by atoms with van der Waals surface area (Å²) in [5.41, 5.74) is -2.12. The van der Waals surface area contributed by atoms with Gasteiger partial charge < -0.3 is 24.4 Å². The average Bonchev–Trinajstić information content (AvgIpc) is 2.14. The van der Waals surface area contributed by atoms with E-state index in [4.69, 9.17) is 0 Å². The van der Waals surface area contributed by atoms with E-state index in [2.05, 4.69) is 0 Å². The van der Waals surface area contributed by atoms with Gasteiger partial charge in [-0.15, -0.1) is 0 Å².